The molecule has 0 aromatic heterocycles. The molecule has 2 fully saturated rings. The van der Waals surface area contributed by atoms with Crippen LogP contribution in [0.2, 0.25) is 0 Å². The van der Waals surface area contributed by atoms with Gasteiger partial charge in [-0.2, -0.15) is 0 Å². The number of aliphatic hydroxyl groups is 1. The zero-order chi connectivity index (χ0) is 18.4. The Morgan fingerprint density at radius 1 is 1.19 bits per heavy atom. The number of aliphatic hydroxyl groups excluding tert-OH is 1. The van der Waals surface area contributed by atoms with E-state index in [2.05, 4.69) is 17.4 Å². The van der Waals surface area contributed by atoms with Crippen LogP contribution in [0, 0.1) is 5.92 Å². The molecule has 26 heavy (non-hydrogen) atoms. The molecule has 142 valence electrons. The second-order valence-corrected chi connectivity index (χ2v) is 7.69. The van der Waals surface area contributed by atoms with Gasteiger partial charge in [0.1, 0.15) is 0 Å². The molecular weight excluding hydrogens is 328 g/mol. The minimum atomic E-state index is -0.232. The van der Waals surface area contributed by atoms with Crippen molar-refractivity contribution in [3.05, 3.63) is 35.9 Å². The molecule has 0 bridgehead atoms. The first kappa shape index (κ1) is 18.9. The predicted octanol–water partition coefficient (Wildman–Crippen LogP) is 2.28. The minimum Gasteiger partial charge on any atom is -0.393 e. The minimum absolute atomic E-state index is 0.00404. The Hall–Kier alpha value is -1.88. The molecule has 1 aliphatic carbocycles. The van der Waals surface area contributed by atoms with Gasteiger partial charge in [0, 0.05) is 32.0 Å². The van der Waals surface area contributed by atoms with Crippen molar-refractivity contribution in [3.8, 4) is 0 Å². The quantitative estimate of drug-likeness (QED) is 0.786. The average Bonchev–Trinajstić information content (AvgIpc) is 2.82. The lowest BCUT2D eigenvalue weighted by atomic mass is 9.75. The van der Waals surface area contributed by atoms with Crippen molar-refractivity contribution in [2.75, 3.05) is 13.1 Å². The molecule has 3 rings (SSSR count). The van der Waals surface area contributed by atoms with Gasteiger partial charge in [0.05, 0.1) is 6.10 Å². The van der Waals surface area contributed by atoms with Crippen LogP contribution >= 0.6 is 0 Å². The van der Waals surface area contributed by atoms with Gasteiger partial charge >= 0.3 is 0 Å². The van der Waals surface area contributed by atoms with E-state index < -0.39 is 0 Å². The van der Waals surface area contributed by atoms with Gasteiger partial charge in [-0.15, -0.1) is 0 Å². The van der Waals surface area contributed by atoms with Gasteiger partial charge in [0.15, 0.2) is 0 Å². The highest BCUT2D eigenvalue weighted by molar-refractivity contribution is 5.79. The van der Waals surface area contributed by atoms with Crippen LogP contribution in [0.15, 0.2) is 30.3 Å². The highest BCUT2D eigenvalue weighted by Crippen LogP contribution is 2.31. The fourth-order valence-corrected chi connectivity index (χ4v) is 3.95. The van der Waals surface area contributed by atoms with E-state index in [1.165, 1.54) is 5.56 Å². The lowest BCUT2D eigenvalue weighted by Crippen LogP contribution is -2.48. The molecule has 1 atom stereocenters. The molecule has 1 aromatic rings. The number of nitrogens with one attached hydrogen (secondary N) is 1. The zero-order valence-electron chi connectivity index (χ0n) is 15.4. The number of hydrogen-bond acceptors (Lipinski definition) is 3. The molecule has 5 heteroatoms. The van der Waals surface area contributed by atoms with Gasteiger partial charge in [0.2, 0.25) is 11.8 Å². The Labute approximate surface area is 155 Å². The first-order valence-corrected chi connectivity index (χ1v) is 9.91. The molecule has 1 aromatic carbocycles. The van der Waals surface area contributed by atoms with Crippen LogP contribution in [0.5, 0.6) is 0 Å². The van der Waals surface area contributed by atoms with Crippen molar-refractivity contribution in [1.82, 2.24) is 10.2 Å². The maximum absolute atomic E-state index is 12.5. The molecule has 1 aliphatic heterocycles. The van der Waals surface area contributed by atoms with Crippen LogP contribution < -0.4 is 5.32 Å². The monoisotopic (exact) mass is 358 g/mol. The molecule has 0 radical (unpaired) electrons. The third-order valence-corrected chi connectivity index (χ3v) is 5.64. The summed E-state index contributed by atoms with van der Waals surface area (Å²) in [5, 5.41) is 12.8. The third kappa shape index (κ3) is 5.31. The van der Waals surface area contributed by atoms with Crippen molar-refractivity contribution in [3.63, 3.8) is 0 Å². The number of carbonyl (C=O) groups is 2. The van der Waals surface area contributed by atoms with Crippen molar-refractivity contribution in [1.29, 1.82) is 0 Å². The normalized spacial score (nSPS) is 24.5. The molecule has 1 heterocycles. The Morgan fingerprint density at radius 3 is 2.69 bits per heavy atom. The number of amides is 2. The molecule has 2 aliphatic rings. The summed E-state index contributed by atoms with van der Waals surface area (Å²) in [6.45, 7) is 1.28. The SMILES string of the molecule is O=C(CCN1CCCCCC1=O)N[C@H](Cc1ccccc1)C1CC(O)C1. The number of carbonyl (C=O) groups excluding carboxylic acids is 2. The van der Waals surface area contributed by atoms with E-state index in [9.17, 15) is 14.7 Å². The summed E-state index contributed by atoms with van der Waals surface area (Å²) in [6, 6.07) is 10.2. The summed E-state index contributed by atoms with van der Waals surface area (Å²) in [4.78, 5) is 26.4. The van der Waals surface area contributed by atoms with Crippen LogP contribution in [0.25, 0.3) is 0 Å². The largest absolute Gasteiger partial charge is 0.393 e. The van der Waals surface area contributed by atoms with E-state index in [1.54, 1.807) is 0 Å². The van der Waals surface area contributed by atoms with Crippen LogP contribution in [0.3, 0.4) is 0 Å². The number of likely N-dealkylation sites (tertiary alicyclic amines) is 1. The van der Waals surface area contributed by atoms with Crippen molar-refractivity contribution in [2.45, 2.75) is 63.5 Å². The average molecular weight is 358 g/mol. The summed E-state index contributed by atoms with van der Waals surface area (Å²) in [6.07, 6.45) is 6.11. The summed E-state index contributed by atoms with van der Waals surface area (Å²) in [5.41, 5.74) is 1.20. The first-order chi connectivity index (χ1) is 12.6. The van der Waals surface area contributed by atoms with E-state index in [-0.39, 0.29) is 24.0 Å². The number of rotatable bonds is 7. The van der Waals surface area contributed by atoms with E-state index in [0.29, 0.717) is 25.3 Å². The number of nitrogens with zero attached hydrogens (tertiary/aromatic N) is 1. The molecule has 2 N–H and O–H groups in total. The maximum atomic E-state index is 12.5. The summed E-state index contributed by atoms with van der Waals surface area (Å²) < 4.78 is 0. The molecule has 0 spiro atoms. The van der Waals surface area contributed by atoms with Crippen LogP contribution in [0.4, 0.5) is 0 Å². The Balaban J connectivity index is 1.52. The molecule has 1 saturated carbocycles. The Morgan fingerprint density at radius 2 is 1.96 bits per heavy atom. The highest BCUT2D eigenvalue weighted by Gasteiger charge is 2.34. The van der Waals surface area contributed by atoms with E-state index in [0.717, 1.165) is 45.1 Å². The van der Waals surface area contributed by atoms with E-state index >= 15 is 0 Å². The van der Waals surface area contributed by atoms with Gasteiger partial charge in [-0.25, -0.2) is 0 Å². The Bertz CT molecular complexity index is 599. The van der Waals surface area contributed by atoms with Gasteiger partial charge < -0.3 is 15.3 Å². The predicted molar refractivity (Wildman–Crippen MR) is 100 cm³/mol. The summed E-state index contributed by atoms with van der Waals surface area (Å²) in [7, 11) is 0. The topological polar surface area (TPSA) is 69.6 Å². The fraction of sp³-hybridized carbons (Fsp3) is 0.619. The van der Waals surface area contributed by atoms with E-state index in [4.69, 9.17) is 0 Å². The van der Waals surface area contributed by atoms with Gasteiger partial charge in [-0.3, -0.25) is 9.59 Å². The second-order valence-electron chi connectivity index (χ2n) is 7.69. The number of hydrogen-bond donors (Lipinski definition) is 2. The van der Waals surface area contributed by atoms with Gasteiger partial charge in [-0.1, -0.05) is 36.8 Å². The van der Waals surface area contributed by atoms with Crippen molar-refractivity contribution < 1.29 is 14.7 Å². The molecular formula is C21H30N2O3. The highest BCUT2D eigenvalue weighted by atomic mass is 16.3. The Kier molecular flexibility index (Phi) is 6.67. The van der Waals surface area contributed by atoms with Crippen LogP contribution in [0.1, 0.15) is 50.5 Å². The van der Waals surface area contributed by atoms with Crippen molar-refractivity contribution in [2.24, 2.45) is 5.92 Å². The van der Waals surface area contributed by atoms with Crippen LogP contribution in [-0.4, -0.2) is 47.1 Å². The van der Waals surface area contributed by atoms with Crippen molar-refractivity contribution >= 4 is 11.8 Å². The number of benzene rings is 1. The maximum Gasteiger partial charge on any atom is 0.222 e. The third-order valence-electron chi connectivity index (χ3n) is 5.64. The molecule has 0 unspecified atom stereocenters. The smallest absolute Gasteiger partial charge is 0.222 e. The summed E-state index contributed by atoms with van der Waals surface area (Å²) >= 11 is 0. The van der Waals surface area contributed by atoms with Gasteiger partial charge in [0.25, 0.3) is 0 Å². The lowest BCUT2D eigenvalue weighted by molar-refractivity contribution is -0.131. The lowest BCUT2D eigenvalue weighted by Gasteiger charge is -2.38. The van der Waals surface area contributed by atoms with Crippen LogP contribution in [-0.2, 0) is 16.0 Å². The standard InChI is InChI=1S/C21H30N2O3/c24-18-14-17(15-18)19(13-16-7-3-1-4-8-16)22-20(25)10-12-23-11-6-2-5-9-21(23)26/h1,3-4,7-8,17-19,24H,2,5-6,9-15H2,(H,22,25)/t17?,18?,19-/m1/s1. The fourth-order valence-electron chi connectivity index (χ4n) is 3.95. The zero-order valence-corrected chi connectivity index (χ0v) is 15.4. The molecule has 5 nitrogen and oxygen atoms in total. The summed E-state index contributed by atoms with van der Waals surface area (Å²) in [5.74, 6) is 0.511. The first-order valence-electron chi connectivity index (χ1n) is 9.91. The molecule has 2 amide bonds. The second kappa shape index (κ2) is 9.17. The van der Waals surface area contributed by atoms with E-state index in [1.807, 2.05) is 23.1 Å². The molecule has 1 saturated heterocycles. The van der Waals surface area contributed by atoms with Gasteiger partial charge in [-0.05, 0) is 43.6 Å².